The van der Waals surface area contributed by atoms with Crippen LogP contribution in [0.3, 0.4) is 0 Å². The van der Waals surface area contributed by atoms with Crippen molar-refractivity contribution in [2.75, 3.05) is 0 Å². The maximum Gasteiger partial charge on any atom is 0.166 e. The Kier molecular flexibility index (Phi) is 2.55. The van der Waals surface area contributed by atoms with Gasteiger partial charge in [0.2, 0.25) is 0 Å². The first-order valence-corrected chi connectivity index (χ1v) is 3.83. The van der Waals surface area contributed by atoms with Gasteiger partial charge in [-0.2, -0.15) is 0 Å². The van der Waals surface area contributed by atoms with Gasteiger partial charge in [-0.1, -0.05) is 11.6 Å². The number of halogens is 2. The summed E-state index contributed by atoms with van der Waals surface area (Å²) in [6.07, 6.45) is 0. The molecular weight excluding hydrogens is 181 g/mol. The van der Waals surface area contributed by atoms with Crippen LogP contribution in [0.2, 0.25) is 5.02 Å². The van der Waals surface area contributed by atoms with Gasteiger partial charge in [0.25, 0.3) is 0 Å². The second-order valence-electron chi connectivity index (χ2n) is 2.61. The maximum atomic E-state index is 12.8. The summed E-state index contributed by atoms with van der Waals surface area (Å²) in [5.41, 5.74) is 5.79. The number of aromatic hydroxyl groups is 1. The van der Waals surface area contributed by atoms with Crippen LogP contribution in [0.1, 0.15) is 18.5 Å². The molecule has 1 aromatic rings. The predicted molar refractivity (Wildman–Crippen MR) is 45.7 cm³/mol. The number of benzene rings is 1. The van der Waals surface area contributed by atoms with E-state index in [9.17, 15) is 9.50 Å². The maximum absolute atomic E-state index is 12.8. The molecule has 3 N–H and O–H groups in total. The van der Waals surface area contributed by atoms with E-state index < -0.39 is 17.6 Å². The third-order valence-electron chi connectivity index (χ3n) is 1.55. The van der Waals surface area contributed by atoms with Crippen molar-refractivity contribution < 1.29 is 9.50 Å². The van der Waals surface area contributed by atoms with E-state index in [2.05, 4.69) is 0 Å². The Labute approximate surface area is 74.8 Å². The molecule has 4 heteroatoms. The van der Waals surface area contributed by atoms with Crippen LogP contribution in [-0.2, 0) is 0 Å². The van der Waals surface area contributed by atoms with Gasteiger partial charge in [0.15, 0.2) is 11.6 Å². The van der Waals surface area contributed by atoms with Crippen molar-refractivity contribution in [1.29, 1.82) is 0 Å². The molecule has 1 aromatic carbocycles. The number of phenols is 1. The van der Waals surface area contributed by atoms with E-state index >= 15 is 0 Å². The Bertz CT molecular complexity index is 301. The molecule has 0 spiro atoms. The van der Waals surface area contributed by atoms with Crippen molar-refractivity contribution in [2.24, 2.45) is 5.73 Å². The van der Waals surface area contributed by atoms with Gasteiger partial charge in [0.1, 0.15) is 0 Å². The molecular formula is C8H9ClFNO. The molecule has 1 rings (SSSR count). The first kappa shape index (κ1) is 9.29. The molecule has 0 aliphatic heterocycles. The van der Waals surface area contributed by atoms with Crippen LogP contribution in [0.25, 0.3) is 0 Å². The van der Waals surface area contributed by atoms with Crippen LogP contribution in [0.5, 0.6) is 5.75 Å². The highest BCUT2D eigenvalue weighted by atomic mass is 35.5. The number of phenolic OH excluding ortho intramolecular Hbond substituents is 1. The van der Waals surface area contributed by atoms with Crippen LogP contribution in [0.4, 0.5) is 4.39 Å². The summed E-state index contributed by atoms with van der Waals surface area (Å²) in [6.45, 7) is 1.64. The van der Waals surface area contributed by atoms with Gasteiger partial charge >= 0.3 is 0 Å². The Morgan fingerprint density at radius 1 is 1.58 bits per heavy atom. The lowest BCUT2D eigenvalue weighted by atomic mass is 10.1. The van der Waals surface area contributed by atoms with E-state index in [4.69, 9.17) is 17.3 Å². The first-order chi connectivity index (χ1) is 5.52. The molecule has 1 atom stereocenters. The van der Waals surface area contributed by atoms with Gasteiger partial charge in [-0.15, -0.1) is 0 Å². The smallest absolute Gasteiger partial charge is 0.166 e. The number of rotatable bonds is 1. The van der Waals surface area contributed by atoms with Gasteiger partial charge in [-0.3, -0.25) is 0 Å². The highest BCUT2D eigenvalue weighted by molar-refractivity contribution is 6.30. The van der Waals surface area contributed by atoms with E-state index in [0.717, 1.165) is 6.07 Å². The average Bonchev–Trinajstić information content (AvgIpc) is 1.96. The second kappa shape index (κ2) is 3.29. The third-order valence-corrected chi connectivity index (χ3v) is 1.77. The van der Waals surface area contributed by atoms with Crippen molar-refractivity contribution >= 4 is 11.6 Å². The van der Waals surface area contributed by atoms with Crippen LogP contribution in [0.15, 0.2) is 12.1 Å². The summed E-state index contributed by atoms with van der Waals surface area (Å²) in [5.74, 6) is -1.16. The molecule has 0 amide bonds. The van der Waals surface area contributed by atoms with Crippen LogP contribution in [0, 0.1) is 5.82 Å². The molecule has 2 nitrogen and oxygen atoms in total. The summed E-state index contributed by atoms with van der Waals surface area (Å²) in [6, 6.07) is 2.06. The minimum absolute atomic E-state index is 0.234. The molecule has 0 fully saturated rings. The van der Waals surface area contributed by atoms with Gasteiger partial charge < -0.3 is 10.8 Å². The minimum Gasteiger partial charge on any atom is -0.505 e. The van der Waals surface area contributed by atoms with Gasteiger partial charge in [-0.05, 0) is 19.1 Å². The van der Waals surface area contributed by atoms with Gasteiger partial charge in [0, 0.05) is 16.6 Å². The molecule has 0 unspecified atom stereocenters. The molecule has 0 aromatic heterocycles. The van der Waals surface area contributed by atoms with Crippen molar-refractivity contribution in [3.63, 3.8) is 0 Å². The first-order valence-electron chi connectivity index (χ1n) is 3.46. The fourth-order valence-electron chi connectivity index (χ4n) is 0.933. The van der Waals surface area contributed by atoms with E-state index in [1.54, 1.807) is 6.92 Å². The Hall–Kier alpha value is -0.800. The van der Waals surface area contributed by atoms with Crippen molar-refractivity contribution in [1.82, 2.24) is 0 Å². The number of hydrogen-bond donors (Lipinski definition) is 2. The van der Waals surface area contributed by atoms with Crippen molar-refractivity contribution in [3.05, 3.63) is 28.5 Å². The van der Waals surface area contributed by atoms with Crippen molar-refractivity contribution in [2.45, 2.75) is 13.0 Å². The lowest BCUT2D eigenvalue weighted by molar-refractivity contribution is 0.422. The van der Waals surface area contributed by atoms with Gasteiger partial charge in [0.05, 0.1) is 0 Å². The predicted octanol–water partition coefficient (Wildman–Crippen LogP) is 2.20. The Balaban J connectivity index is 3.28. The average molecular weight is 190 g/mol. The zero-order chi connectivity index (χ0) is 9.30. The largest absolute Gasteiger partial charge is 0.505 e. The zero-order valence-electron chi connectivity index (χ0n) is 6.51. The quantitative estimate of drug-likeness (QED) is 0.712. The highest BCUT2D eigenvalue weighted by Crippen LogP contribution is 2.29. The normalized spacial score (nSPS) is 13.0. The molecule has 0 radical (unpaired) electrons. The lowest BCUT2D eigenvalue weighted by Crippen LogP contribution is -2.05. The van der Waals surface area contributed by atoms with E-state index in [1.165, 1.54) is 6.07 Å². The molecule has 66 valence electrons. The zero-order valence-corrected chi connectivity index (χ0v) is 7.27. The molecule has 0 bridgehead atoms. The summed E-state index contributed by atoms with van der Waals surface area (Å²) < 4.78 is 12.8. The summed E-state index contributed by atoms with van der Waals surface area (Å²) in [7, 11) is 0. The summed E-state index contributed by atoms with van der Waals surface area (Å²) >= 11 is 5.56. The molecule has 12 heavy (non-hydrogen) atoms. The van der Waals surface area contributed by atoms with E-state index in [1.807, 2.05) is 0 Å². The molecule has 0 aliphatic carbocycles. The number of nitrogens with two attached hydrogens (primary N) is 1. The van der Waals surface area contributed by atoms with Crippen LogP contribution in [-0.4, -0.2) is 5.11 Å². The van der Waals surface area contributed by atoms with E-state index in [-0.39, 0.29) is 5.02 Å². The summed E-state index contributed by atoms with van der Waals surface area (Å²) in [4.78, 5) is 0. The second-order valence-corrected chi connectivity index (χ2v) is 3.05. The fraction of sp³-hybridized carbons (Fsp3) is 0.250. The number of hydrogen-bond acceptors (Lipinski definition) is 2. The minimum atomic E-state index is -0.741. The van der Waals surface area contributed by atoms with Crippen molar-refractivity contribution in [3.8, 4) is 5.75 Å². The Morgan fingerprint density at radius 3 is 2.67 bits per heavy atom. The monoisotopic (exact) mass is 189 g/mol. The molecule has 0 aliphatic rings. The topological polar surface area (TPSA) is 46.2 Å². The SMILES string of the molecule is C[C@H](N)c1cc(Cl)cc(F)c1O. The molecule has 0 saturated carbocycles. The standard InChI is InChI=1S/C8H9ClFNO/c1-4(11)6-2-5(9)3-7(10)8(6)12/h2-4,12H,11H2,1H3/t4-/m0/s1. The third kappa shape index (κ3) is 1.68. The highest BCUT2D eigenvalue weighted by Gasteiger charge is 2.11. The van der Waals surface area contributed by atoms with Crippen LogP contribution >= 0.6 is 11.6 Å². The fourth-order valence-corrected chi connectivity index (χ4v) is 1.15. The lowest BCUT2D eigenvalue weighted by Gasteiger charge is -2.08. The molecule has 0 saturated heterocycles. The molecule has 0 heterocycles. The van der Waals surface area contributed by atoms with Gasteiger partial charge in [-0.25, -0.2) is 4.39 Å². The summed E-state index contributed by atoms with van der Waals surface area (Å²) in [5, 5.41) is 9.41. The van der Waals surface area contributed by atoms with Crippen LogP contribution < -0.4 is 5.73 Å². The Morgan fingerprint density at radius 2 is 2.17 bits per heavy atom. The van der Waals surface area contributed by atoms with E-state index in [0.29, 0.717) is 5.56 Å².